The summed E-state index contributed by atoms with van der Waals surface area (Å²) in [5.41, 5.74) is 0.405. The molecular formula is C31H32F3N5O4. The molecule has 9 nitrogen and oxygen atoms in total. The average molecular weight is 596 g/mol. The fourth-order valence-electron chi connectivity index (χ4n) is 5.85. The number of ether oxygens (including phenoxy) is 3. The summed E-state index contributed by atoms with van der Waals surface area (Å²) in [6.07, 6.45) is 1.67. The minimum atomic E-state index is -4.84. The lowest BCUT2D eigenvalue weighted by molar-refractivity contribution is -0.141. The first-order valence-electron chi connectivity index (χ1n) is 14.5. The number of halogens is 3. The van der Waals surface area contributed by atoms with Crippen LogP contribution in [-0.2, 0) is 15.7 Å². The maximum atomic E-state index is 14.1. The van der Waals surface area contributed by atoms with E-state index in [-0.39, 0.29) is 24.3 Å². The van der Waals surface area contributed by atoms with Gasteiger partial charge in [0, 0.05) is 85.7 Å². The first-order chi connectivity index (χ1) is 20.8. The molecule has 0 aliphatic carbocycles. The van der Waals surface area contributed by atoms with Crippen molar-refractivity contribution in [3.8, 4) is 17.0 Å². The zero-order chi connectivity index (χ0) is 30.0. The molecule has 0 bridgehead atoms. The summed E-state index contributed by atoms with van der Waals surface area (Å²) in [6.45, 7) is 4.16. The van der Waals surface area contributed by atoms with Crippen LogP contribution in [0.25, 0.3) is 22.2 Å². The number of piperidine rings is 1. The third kappa shape index (κ3) is 6.15. The number of hydrogen-bond donors (Lipinski definition) is 1. The number of benzene rings is 1. The lowest BCUT2D eigenvalue weighted by atomic mass is 9.91. The maximum absolute atomic E-state index is 14.1. The van der Waals surface area contributed by atoms with Crippen molar-refractivity contribution in [2.45, 2.75) is 50.8 Å². The molecule has 0 radical (unpaired) electrons. The van der Waals surface area contributed by atoms with Crippen molar-refractivity contribution in [2.75, 3.05) is 37.8 Å². The lowest BCUT2D eigenvalue weighted by Crippen LogP contribution is -2.39. The van der Waals surface area contributed by atoms with Gasteiger partial charge in [-0.3, -0.25) is 0 Å². The number of rotatable bonds is 7. The Labute approximate surface area is 246 Å². The molecule has 12 heteroatoms. The fourth-order valence-corrected chi connectivity index (χ4v) is 5.85. The molecule has 2 fully saturated rings. The van der Waals surface area contributed by atoms with Gasteiger partial charge < -0.3 is 24.1 Å². The summed E-state index contributed by atoms with van der Waals surface area (Å²) in [5.74, 6) is 0.377. The highest BCUT2D eigenvalue weighted by Gasteiger charge is 2.39. The third-order valence-electron chi connectivity index (χ3n) is 7.92. The second-order valence-corrected chi connectivity index (χ2v) is 10.7. The zero-order valence-electron chi connectivity index (χ0n) is 23.7. The predicted molar refractivity (Wildman–Crippen MR) is 153 cm³/mol. The van der Waals surface area contributed by atoms with Crippen LogP contribution >= 0.6 is 0 Å². The van der Waals surface area contributed by atoms with Gasteiger partial charge >= 0.3 is 12.1 Å². The number of carbonyl (C=O) groups excluding carboxylic acids is 1. The summed E-state index contributed by atoms with van der Waals surface area (Å²) >= 11 is 0. The second-order valence-electron chi connectivity index (χ2n) is 10.7. The molecular weight excluding hydrogens is 563 g/mol. The lowest BCUT2D eigenvalue weighted by Gasteiger charge is -2.32. The first kappa shape index (κ1) is 28.9. The van der Waals surface area contributed by atoms with Crippen molar-refractivity contribution in [1.29, 1.82) is 0 Å². The fraction of sp³-hybridized carbons (Fsp3) is 0.419. The SMILES string of the molecule is CCOC(=O)c1ccc(-c2c(C3CCOCC3)[nH]c3cc(OC4CCN(c5ncccn5)CC4)ccc23)nc1C(F)(F)F. The number of nitrogens with zero attached hydrogens (tertiary/aromatic N) is 4. The topological polar surface area (TPSA) is 102 Å². The van der Waals surface area contributed by atoms with Gasteiger partial charge in [-0.25, -0.2) is 19.7 Å². The molecule has 2 aliphatic rings. The molecule has 3 aromatic heterocycles. The number of fused-ring (bicyclic) bond motifs is 1. The standard InChI is InChI=1S/C31H32F3N5O4/c1-2-42-29(40)23-6-7-24(38-28(23)31(32,33)34)26-22-5-4-21(18-25(22)37-27(26)19-10-16-41-17-11-19)43-20-8-14-39(15-9-20)30-35-12-3-13-36-30/h3-7,12-13,18-20,37H,2,8-11,14-17H2,1H3. The Morgan fingerprint density at radius 1 is 1.07 bits per heavy atom. The Bertz CT molecular complexity index is 1580. The van der Waals surface area contributed by atoms with E-state index in [1.165, 1.54) is 6.07 Å². The molecule has 43 heavy (non-hydrogen) atoms. The van der Waals surface area contributed by atoms with Crippen molar-refractivity contribution in [3.05, 3.63) is 65.7 Å². The predicted octanol–water partition coefficient (Wildman–Crippen LogP) is 6.16. The Morgan fingerprint density at radius 3 is 2.51 bits per heavy atom. The van der Waals surface area contributed by atoms with Crippen LogP contribution in [0, 0.1) is 0 Å². The van der Waals surface area contributed by atoms with Gasteiger partial charge in [-0.1, -0.05) is 0 Å². The summed E-state index contributed by atoms with van der Waals surface area (Å²) in [7, 11) is 0. The normalized spacial score (nSPS) is 16.9. The molecule has 226 valence electrons. The van der Waals surface area contributed by atoms with Crippen LogP contribution in [0.15, 0.2) is 48.8 Å². The summed E-state index contributed by atoms with van der Waals surface area (Å²) < 4.78 is 59.1. The number of anilines is 1. The van der Waals surface area contributed by atoms with Crippen molar-refractivity contribution in [1.82, 2.24) is 19.9 Å². The third-order valence-corrected chi connectivity index (χ3v) is 7.92. The number of carbonyl (C=O) groups is 1. The van der Waals surface area contributed by atoms with E-state index in [9.17, 15) is 18.0 Å². The van der Waals surface area contributed by atoms with Crippen molar-refractivity contribution in [2.24, 2.45) is 0 Å². The van der Waals surface area contributed by atoms with E-state index in [2.05, 4.69) is 24.8 Å². The number of aromatic nitrogens is 4. The number of alkyl halides is 3. The van der Waals surface area contributed by atoms with E-state index in [0.29, 0.717) is 30.5 Å². The van der Waals surface area contributed by atoms with E-state index in [0.717, 1.165) is 61.4 Å². The van der Waals surface area contributed by atoms with Gasteiger partial charge in [-0.05, 0) is 50.1 Å². The quantitative estimate of drug-likeness (QED) is 0.254. The van der Waals surface area contributed by atoms with Gasteiger partial charge in [-0.2, -0.15) is 13.2 Å². The average Bonchev–Trinajstić information content (AvgIpc) is 3.40. The molecule has 2 saturated heterocycles. The van der Waals surface area contributed by atoms with Crippen LogP contribution < -0.4 is 9.64 Å². The minimum absolute atomic E-state index is 0.00763. The summed E-state index contributed by atoms with van der Waals surface area (Å²) in [5, 5.41) is 0.731. The van der Waals surface area contributed by atoms with Crippen molar-refractivity contribution < 1.29 is 32.2 Å². The first-order valence-corrected chi connectivity index (χ1v) is 14.5. The number of hydrogen-bond acceptors (Lipinski definition) is 8. The van der Waals surface area contributed by atoms with E-state index >= 15 is 0 Å². The second kappa shape index (κ2) is 12.2. The number of esters is 1. The Morgan fingerprint density at radius 2 is 1.81 bits per heavy atom. The van der Waals surface area contributed by atoms with E-state index in [4.69, 9.17) is 14.2 Å². The van der Waals surface area contributed by atoms with Crippen LogP contribution in [0.5, 0.6) is 5.75 Å². The highest BCUT2D eigenvalue weighted by molar-refractivity contribution is 5.98. The molecule has 5 heterocycles. The van der Waals surface area contributed by atoms with E-state index < -0.39 is 23.4 Å². The monoisotopic (exact) mass is 595 g/mol. The molecule has 1 aromatic carbocycles. The number of H-pyrrole nitrogens is 1. The maximum Gasteiger partial charge on any atom is 0.434 e. The van der Waals surface area contributed by atoms with Crippen LogP contribution in [0.2, 0.25) is 0 Å². The smallest absolute Gasteiger partial charge is 0.434 e. The Hall–Kier alpha value is -4.19. The Balaban J connectivity index is 1.32. The number of pyridine rings is 1. The molecule has 4 aromatic rings. The number of nitrogens with one attached hydrogen (secondary N) is 1. The van der Waals surface area contributed by atoms with Crippen LogP contribution in [0.1, 0.15) is 60.3 Å². The van der Waals surface area contributed by atoms with Gasteiger partial charge in [0.15, 0.2) is 5.69 Å². The molecule has 6 rings (SSSR count). The van der Waals surface area contributed by atoms with Gasteiger partial charge in [0.2, 0.25) is 5.95 Å². The molecule has 0 spiro atoms. The highest BCUT2D eigenvalue weighted by atomic mass is 19.4. The Kier molecular flexibility index (Phi) is 8.20. The highest BCUT2D eigenvalue weighted by Crippen LogP contribution is 2.42. The molecule has 0 unspecified atom stereocenters. The molecule has 0 amide bonds. The van der Waals surface area contributed by atoms with Crippen LogP contribution in [0.4, 0.5) is 19.1 Å². The molecule has 1 N–H and O–H groups in total. The molecule has 2 aliphatic heterocycles. The van der Waals surface area contributed by atoms with E-state index in [1.807, 2.05) is 18.2 Å². The van der Waals surface area contributed by atoms with Crippen molar-refractivity contribution in [3.63, 3.8) is 0 Å². The minimum Gasteiger partial charge on any atom is -0.490 e. The van der Waals surface area contributed by atoms with Gasteiger partial charge in [0.1, 0.15) is 11.9 Å². The largest absolute Gasteiger partial charge is 0.490 e. The summed E-state index contributed by atoms with van der Waals surface area (Å²) in [4.78, 5) is 30.6. The van der Waals surface area contributed by atoms with Crippen LogP contribution in [0.3, 0.4) is 0 Å². The molecule has 0 saturated carbocycles. The van der Waals surface area contributed by atoms with Gasteiger partial charge in [0.25, 0.3) is 0 Å². The van der Waals surface area contributed by atoms with Crippen LogP contribution in [-0.4, -0.2) is 64.9 Å². The zero-order valence-corrected chi connectivity index (χ0v) is 23.7. The molecule has 0 atom stereocenters. The number of aromatic amines is 1. The van der Waals surface area contributed by atoms with Gasteiger partial charge in [0.05, 0.1) is 17.9 Å². The van der Waals surface area contributed by atoms with E-state index in [1.54, 1.807) is 25.4 Å². The summed E-state index contributed by atoms with van der Waals surface area (Å²) in [6, 6.07) is 10.0. The van der Waals surface area contributed by atoms with Gasteiger partial charge in [-0.15, -0.1) is 0 Å². The van der Waals surface area contributed by atoms with Crippen molar-refractivity contribution >= 4 is 22.8 Å².